The second-order valence-corrected chi connectivity index (χ2v) is 5.19. The van der Waals surface area contributed by atoms with E-state index in [1.807, 2.05) is 36.6 Å². The summed E-state index contributed by atoms with van der Waals surface area (Å²) < 4.78 is 1.24. The molecule has 7 heteroatoms. The summed E-state index contributed by atoms with van der Waals surface area (Å²) in [5, 5.41) is 5.49. The van der Waals surface area contributed by atoms with E-state index in [1.165, 1.54) is 27.6 Å². The summed E-state index contributed by atoms with van der Waals surface area (Å²) in [6.45, 7) is 0. The van der Waals surface area contributed by atoms with E-state index >= 15 is 0 Å². The summed E-state index contributed by atoms with van der Waals surface area (Å²) in [6, 6.07) is 9.71. The van der Waals surface area contributed by atoms with Crippen molar-refractivity contribution in [2.24, 2.45) is 0 Å². The smallest absolute Gasteiger partial charge is 0.243 e. The number of fused-ring (bicyclic) bond motifs is 1. The second kappa shape index (κ2) is 4.51. The number of hydrogen-bond donors (Lipinski definition) is 0. The topological polar surface area (TPSA) is 60.2 Å². The fourth-order valence-corrected chi connectivity index (χ4v) is 2.79. The molecule has 0 bridgehead atoms. The number of nitrogens with zero attached hydrogens (tertiary/aromatic N) is 4. The minimum Gasteiger partial charge on any atom is -0.243 e. The van der Waals surface area contributed by atoms with E-state index in [2.05, 4.69) is 15.1 Å². The third-order valence-corrected chi connectivity index (χ3v) is 3.83. The van der Waals surface area contributed by atoms with Crippen molar-refractivity contribution in [1.29, 1.82) is 0 Å². The first-order chi connectivity index (χ1) is 8.78. The fourth-order valence-electron chi connectivity index (χ4n) is 1.50. The maximum atomic E-state index is 11.7. The van der Waals surface area contributed by atoms with E-state index < -0.39 is 0 Å². The Kier molecular flexibility index (Phi) is 2.85. The molecule has 3 rings (SSSR count). The normalized spacial score (nSPS) is 10.9. The average Bonchev–Trinajstić information content (AvgIpc) is 2.84. The average molecular weight is 276 g/mol. The monoisotopic (exact) mass is 276 g/mol. The molecule has 0 aliphatic heterocycles. The minimum atomic E-state index is -0.386. The van der Waals surface area contributed by atoms with Crippen molar-refractivity contribution >= 4 is 28.1 Å². The molecule has 0 aliphatic carbocycles. The molecule has 1 aromatic carbocycles. The molecular formula is C11H8N4OS2. The molecule has 0 aliphatic rings. The molecule has 2 heterocycles. The fraction of sp³-hybridized carbons (Fsp3) is 0.0909. The van der Waals surface area contributed by atoms with Crippen LogP contribution in [0.3, 0.4) is 0 Å². The van der Waals surface area contributed by atoms with Crippen LogP contribution in [0, 0.1) is 0 Å². The number of thioether (sulfide) groups is 1. The summed E-state index contributed by atoms with van der Waals surface area (Å²) in [5.74, 6) is 0. The number of benzene rings is 1. The third-order valence-electron chi connectivity index (χ3n) is 2.33. The van der Waals surface area contributed by atoms with E-state index in [0.717, 1.165) is 10.6 Å². The lowest BCUT2D eigenvalue weighted by Gasteiger charge is -1.92. The Morgan fingerprint density at radius 2 is 2.00 bits per heavy atom. The Morgan fingerprint density at radius 1 is 1.22 bits per heavy atom. The van der Waals surface area contributed by atoms with Gasteiger partial charge in [-0.2, -0.15) is 14.5 Å². The summed E-state index contributed by atoms with van der Waals surface area (Å²) in [6.07, 6.45) is 1.84. The Balaban J connectivity index is 2.23. The Morgan fingerprint density at radius 3 is 2.72 bits per heavy atom. The maximum absolute atomic E-state index is 11.7. The van der Waals surface area contributed by atoms with Crippen molar-refractivity contribution in [3.63, 3.8) is 0 Å². The second-order valence-electron chi connectivity index (χ2n) is 3.46. The number of aromatic nitrogens is 4. The van der Waals surface area contributed by atoms with Gasteiger partial charge >= 0.3 is 5.69 Å². The quantitative estimate of drug-likeness (QED) is 0.669. The summed E-state index contributed by atoms with van der Waals surface area (Å²) in [7, 11) is 0. The van der Waals surface area contributed by atoms with Crippen LogP contribution in [-0.2, 0) is 0 Å². The van der Waals surface area contributed by atoms with Crippen LogP contribution in [0.2, 0.25) is 0 Å². The number of hydrogen-bond acceptors (Lipinski definition) is 6. The molecule has 0 atom stereocenters. The summed E-state index contributed by atoms with van der Waals surface area (Å²) in [5.41, 5.74) is 0.584. The first kappa shape index (κ1) is 11.4. The first-order valence-corrected chi connectivity index (χ1v) is 7.19. The summed E-state index contributed by atoms with van der Waals surface area (Å²) >= 11 is 2.73. The van der Waals surface area contributed by atoms with Crippen molar-refractivity contribution in [3.8, 4) is 10.6 Å². The Bertz CT molecular complexity index is 751. The van der Waals surface area contributed by atoms with Crippen molar-refractivity contribution in [2.75, 3.05) is 6.26 Å². The lowest BCUT2D eigenvalue weighted by molar-refractivity contribution is 0.790. The van der Waals surface area contributed by atoms with E-state index in [1.54, 1.807) is 0 Å². The zero-order valence-corrected chi connectivity index (χ0v) is 11.0. The molecule has 5 nitrogen and oxygen atoms in total. The van der Waals surface area contributed by atoms with Crippen LogP contribution in [0.25, 0.3) is 15.5 Å². The van der Waals surface area contributed by atoms with Gasteiger partial charge in [0, 0.05) is 5.56 Å². The van der Waals surface area contributed by atoms with Gasteiger partial charge in [-0.25, -0.2) is 4.79 Å². The standard InChI is InChI=1S/C11H8N4OS2/c1-17-9-12-10(16)15-11(13-9)18-8(14-15)7-5-3-2-4-6-7/h2-6H,1H3. The van der Waals surface area contributed by atoms with Crippen LogP contribution in [0.15, 0.2) is 40.3 Å². The van der Waals surface area contributed by atoms with E-state index in [-0.39, 0.29) is 5.69 Å². The van der Waals surface area contributed by atoms with E-state index in [9.17, 15) is 4.79 Å². The maximum Gasteiger partial charge on any atom is 0.373 e. The Hall–Kier alpha value is -1.73. The van der Waals surface area contributed by atoms with Gasteiger partial charge in [0.15, 0.2) is 5.16 Å². The van der Waals surface area contributed by atoms with Gasteiger partial charge in [-0.3, -0.25) is 0 Å². The van der Waals surface area contributed by atoms with Gasteiger partial charge in [0.25, 0.3) is 0 Å². The Labute approximate surface area is 111 Å². The minimum absolute atomic E-state index is 0.386. The zero-order chi connectivity index (χ0) is 12.5. The highest BCUT2D eigenvalue weighted by molar-refractivity contribution is 7.98. The lowest BCUT2D eigenvalue weighted by atomic mass is 10.2. The first-order valence-electron chi connectivity index (χ1n) is 5.15. The molecule has 0 unspecified atom stereocenters. The van der Waals surface area contributed by atoms with Gasteiger partial charge in [0.2, 0.25) is 4.96 Å². The predicted octanol–water partition coefficient (Wildman–Crippen LogP) is 1.93. The molecule has 90 valence electrons. The van der Waals surface area contributed by atoms with E-state index in [0.29, 0.717) is 10.1 Å². The van der Waals surface area contributed by atoms with E-state index in [4.69, 9.17) is 0 Å². The number of rotatable bonds is 2. The SMILES string of the molecule is CSc1nc(=O)n2nc(-c3ccccc3)sc2n1. The van der Waals surface area contributed by atoms with Gasteiger partial charge in [-0.15, -0.1) is 5.10 Å². The van der Waals surface area contributed by atoms with Crippen molar-refractivity contribution in [2.45, 2.75) is 5.16 Å². The molecule has 3 aromatic rings. The van der Waals surface area contributed by atoms with Gasteiger partial charge < -0.3 is 0 Å². The van der Waals surface area contributed by atoms with Crippen LogP contribution in [0.4, 0.5) is 0 Å². The summed E-state index contributed by atoms with van der Waals surface area (Å²) in [4.78, 5) is 20.4. The van der Waals surface area contributed by atoms with Gasteiger partial charge in [-0.05, 0) is 6.26 Å². The van der Waals surface area contributed by atoms with Gasteiger partial charge in [0.1, 0.15) is 5.01 Å². The predicted molar refractivity (Wildman–Crippen MR) is 72.1 cm³/mol. The highest BCUT2D eigenvalue weighted by Gasteiger charge is 2.10. The molecule has 0 spiro atoms. The molecule has 18 heavy (non-hydrogen) atoms. The van der Waals surface area contributed by atoms with Crippen molar-refractivity contribution in [1.82, 2.24) is 19.6 Å². The largest absolute Gasteiger partial charge is 0.373 e. The van der Waals surface area contributed by atoms with Crippen LogP contribution < -0.4 is 5.69 Å². The molecule has 0 amide bonds. The van der Waals surface area contributed by atoms with Gasteiger partial charge in [-0.1, -0.05) is 53.4 Å². The third kappa shape index (κ3) is 1.91. The highest BCUT2D eigenvalue weighted by atomic mass is 32.2. The van der Waals surface area contributed by atoms with Gasteiger partial charge in [0.05, 0.1) is 0 Å². The lowest BCUT2D eigenvalue weighted by Crippen LogP contribution is -2.18. The van der Waals surface area contributed by atoms with Crippen LogP contribution >= 0.6 is 23.1 Å². The molecular weight excluding hydrogens is 268 g/mol. The molecule has 0 radical (unpaired) electrons. The molecule has 0 N–H and O–H groups in total. The highest BCUT2D eigenvalue weighted by Crippen LogP contribution is 2.24. The molecule has 0 fully saturated rings. The molecule has 2 aromatic heterocycles. The molecule has 0 saturated heterocycles. The molecule has 0 saturated carbocycles. The van der Waals surface area contributed by atoms with Crippen molar-refractivity contribution in [3.05, 3.63) is 40.8 Å². The van der Waals surface area contributed by atoms with Crippen LogP contribution in [0.5, 0.6) is 0 Å². The zero-order valence-electron chi connectivity index (χ0n) is 9.40. The van der Waals surface area contributed by atoms with Crippen LogP contribution in [-0.4, -0.2) is 25.8 Å². The van der Waals surface area contributed by atoms with Crippen molar-refractivity contribution < 1.29 is 0 Å². The van der Waals surface area contributed by atoms with Crippen LogP contribution in [0.1, 0.15) is 0 Å².